The molecule has 1 aromatic rings. The summed E-state index contributed by atoms with van der Waals surface area (Å²) in [5, 5.41) is 3.71. The number of benzene rings is 1. The van der Waals surface area contributed by atoms with Gasteiger partial charge in [-0.05, 0) is 43.7 Å². The van der Waals surface area contributed by atoms with Crippen LogP contribution in [0.5, 0.6) is 0 Å². The molecule has 3 nitrogen and oxygen atoms in total. The SMILES string of the molecule is CC1CCC(NC(=O)CSc2c(N)cccc2Cl)CC1. The zero-order valence-electron chi connectivity index (χ0n) is 11.7. The van der Waals surface area contributed by atoms with Gasteiger partial charge in [0.2, 0.25) is 5.91 Å². The molecule has 1 fully saturated rings. The molecule has 1 amide bonds. The van der Waals surface area contributed by atoms with Crippen molar-refractivity contribution in [3.63, 3.8) is 0 Å². The van der Waals surface area contributed by atoms with Crippen molar-refractivity contribution in [2.75, 3.05) is 11.5 Å². The molecule has 0 aliphatic heterocycles. The van der Waals surface area contributed by atoms with Crippen molar-refractivity contribution in [2.24, 2.45) is 5.92 Å². The number of rotatable bonds is 4. The normalized spacial score (nSPS) is 22.5. The minimum absolute atomic E-state index is 0.0638. The highest BCUT2D eigenvalue weighted by Gasteiger charge is 2.19. The van der Waals surface area contributed by atoms with Gasteiger partial charge < -0.3 is 11.1 Å². The average molecular weight is 313 g/mol. The number of amides is 1. The highest BCUT2D eigenvalue weighted by atomic mass is 35.5. The van der Waals surface area contributed by atoms with E-state index < -0.39 is 0 Å². The Bertz CT molecular complexity index is 453. The third kappa shape index (κ3) is 4.32. The second-order valence-electron chi connectivity index (χ2n) is 5.47. The summed E-state index contributed by atoms with van der Waals surface area (Å²) in [4.78, 5) is 12.8. The summed E-state index contributed by atoms with van der Waals surface area (Å²) in [6.45, 7) is 2.27. The maximum atomic E-state index is 12.0. The average Bonchev–Trinajstić information content (AvgIpc) is 2.41. The highest BCUT2D eigenvalue weighted by Crippen LogP contribution is 2.32. The fraction of sp³-hybridized carbons (Fsp3) is 0.533. The summed E-state index contributed by atoms with van der Waals surface area (Å²) in [5.41, 5.74) is 6.50. The smallest absolute Gasteiger partial charge is 0.230 e. The second kappa shape index (κ2) is 7.23. The van der Waals surface area contributed by atoms with Gasteiger partial charge in [-0.25, -0.2) is 0 Å². The first-order valence-electron chi connectivity index (χ1n) is 7.02. The molecule has 5 heteroatoms. The number of hydrogen-bond donors (Lipinski definition) is 2. The number of thioether (sulfide) groups is 1. The molecule has 0 saturated heterocycles. The van der Waals surface area contributed by atoms with Crippen molar-refractivity contribution < 1.29 is 4.79 Å². The van der Waals surface area contributed by atoms with E-state index in [9.17, 15) is 4.79 Å². The largest absolute Gasteiger partial charge is 0.398 e. The van der Waals surface area contributed by atoms with E-state index in [1.165, 1.54) is 24.6 Å². The van der Waals surface area contributed by atoms with Crippen molar-refractivity contribution in [1.29, 1.82) is 0 Å². The first kappa shape index (κ1) is 15.5. The molecule has 0 unspecified atom stereocenters. The maximum Gasteiger partial charge on any atom is 0.230 e. The zero-order valence-corrected chi connectivity index (χ0v) is 13.3. The summed E-state index contributed by atoms with van der Waals surface area (Å²) < 4.78 is 0. The standard InChI is InChI=1S/C15H21ClN2OS/c1-10-5-7-11(8-6-10)18-14(19)9-20-15-12(16)3-2-4-13(15)17/h2-4,10-11H,5-9,17H2,1H3,(H,18,19). The number of nitrogen functional groups attached to an aromatic ring is 1. The molecule has 110 valence electrons. The van der Waals surface area contributed by atoms with Gasteiger partial charge in [0.25, 0.3) is 0 Å². The highest BCUT2D eigenvalue weighted by molar-refractivity contribution is 8.00. The molecule has 0 radical (unpaired) electrons. The van der Waals surface area contributed by atoms with E-state index >= 15 is 0 Å². The van der Waals surface area contributed by atoms with Crippen LogP contribution in [-0.4, -0.2) is 17.7 Å². The quantitative estimate of drug-likeness (QED) is 0.658. The van der Waals surface area contributed by atoms with E-state index in [1.807, 2.05) is 6.07 Å². The number of nitrogens with two attached hydrogens (primary N) is 1. The Morgan fingerprint density at radius 3 is 2.75 bits per heavy atom. The van der Waals surface area contributed by atoms with Gasteiger partial charge >= 0.3 is 0 Å². The monoisotopic (exact) mass is 312 g/mol. The molecule has 0 aromatic heterocycles. The summed E-state index contributed by atoms with van der Waals surface area (Å²) in [6, 6.07) is 5.74. The zero-order chi connectivity index (χ0) is 14.5. The van der Waals surface area contributed by atoms with Crippen LogP contribution in [0.15, 0.2) is 23.1 Å². The van der Waals surface area contributed by atoms with Crippen molar-refractivity contribution in [3.8, 4) is 0 Å². The van der Waals surface area contributed by atoms with E-state index in [0.717, 1.165) is 23.7 Å². The topological polar surface area (TPSA) is 55.1 Å². The van der Waals surface area contributed by atoms with E-state index in [-0.39, 0.29) is 5.91 Å². The molecule has 0 bridgehead atoms. The molecule has 1 saturated carbocycles. The Labute approximate surface area is 129 Å². The third-order valence-corrected chi connectivity index (χ3v) is 5.30. The van der Waals surface area contributed by atoms with Gasteiger partial charge in [-0.15, -0.1) is 11.8 Å². The number of nitrogens with one attached hydrogen (secondary N) is 1. The number of carbonyl (C=O) groups is 1. The second-order valence-corrected chi connectivity index (χ2v) is 6.86. The summed E-state index contributed by atoms with van der Waals surface area (Å²) in [7, 11) is 0. The Balaban J connectivity index is 1.80. The van der Waals surface area contributed by atoms with Gasteiger partial charge in [0.05, 0.1) is 10.8 Å². The van der Waals surface area contributed by atoms with Crippen LogP contribution < -0.4 is 11.1 Å². The molecule has 1 aliphatic carbocycles. The van der Waals surface area contributed by atoms with E-state index in [2.05, 4.69) is 12.2 Å². The molecule has 1 aliphatic rings. The lowest BCUT2D eigenvalue weighted by Gasteiger charge is -2.26. The van der Waals surface area contributed by atoms with Crippen molar-refractivity contribution in [1.82, 2.24) is 5.32 Å². The minimum Gasteiger partial charge on any atom is -0.398 e. The number of hydrogen-bond acceptors (Lipinski definition) is 3. The minimum atomic E-state index is 0.0638. The van der Waals surface area contributed by atoms with Gasteiger partial charge in [0.1, 0.15) is 0 Å². The molecular weight excluding hydrogens is 292 g/mol. The molecule has 0 spiro atoms. The molecule has 3 N–H and O–H groups in total. The molecule has 20 heavy (non-hydrogen) atoms. The number of halogens is 1. The van der Waals surface area contributed by atoms with Crippen molar-refractivity contribution >= 4 is 35.0 Å². The van der Waals surface area contributed by atoms with Crippen molar-refractivity contribution in [2.45, 2.75) is 43.5 Å². The van der Waals surface area contributed by atoms with Gasteiger partial charge in [-0.2, -0.15) is 0 Å². The third-order valence-electron chi connectivity index (χ3n) is 3.73. The van der Waals surface area contributed by atoms with Crippen LogP contribution in [0, 0.1) is 5.92 Å². The Hall–Kier alpha value is -0.870. The van der Waals surface area contributed by atoms with E-state index in [0.29, 0.717) is 22.5 Å². The van der Waals surface area contributed by atoms with Crippen LogP contribution in [0.25, 0.3) is 0 Å². The molecular formula is C15H21ClN2OS. The van der Waals surface area contributed by atoms with Gasteiger partial charge in [-0.3, -0.25) is 4.79 Å². The van der Waals surface area contributed by atoms with Crippen LogP contribution in [-0.2, 0) is 4.79 Å². The summed E-state index contributed by atoms with van der Waals surface area (Å²) in [6.07, 6.45) is 4.59. The first-order chi connectivity index (χ1) is 9.56. The van der Waals surface area contributed by atoms with Gasteiger partial charge in [0, 0.05) is 16.6 Å². The fourth-order valence-corrected chi connectivity index (χ4v) is 3.63. The summed E-state index contributed by atoms with van der Waals surface area (Å²) >= 11 is 7.49. The molecule has 0 atom stereocenters. The number of carbonyl (C=O) groups excluding carboxylic acids is 1. The Morgan fingerprint density at radius 2 is 2.10 bits per heavy atom. The van der Waals surface area contributed by atoms with Crippen molar-refractivity contribution in [3.05, 3.63) is 23.2 Å². The molecule has 0 heterocycles. The van der Waals surface area contributed by atoms with Crippen LogP contribution in [0.3, 0.4) is 0 Å². The Morgan fingerprint density at radius 1 is 1.40 bits per heavy atom. The van der Waals surface area contributed by atoms with Crippen LogP contribution in [0.1, 0.15) is 32.6 Å². The predicted molar refractivity (Wildman–Crippen MR) is 86.2 cm³/mol. The molecule has 1 aromatic carbocycles. The Kier molecular flexibility index (Phi) is 5.61. The van der Waals surface area contributed by atoms with E-state index in [1.54, 1.807) is 12.1 Å². The lowest BCUT2D eigenvalue weighted by Crippen LogP contribution is -2.38. The predicted octanol–water partition coefficient (Wildman–Crippen LogP) is 3.71. The first-order valence-corrected chi connectivity index (χ1v) is 8.38. The number of anilines is 1. The van der Waals surface area contributed by atoms with Gasteiger partial charge in [0.15, 0.2) is 0 Å². The molecule has 2 rings (SSSR count). The van der Waals surface area contributed by atoms with Crippen LogP contribution >= 0.6 is 23.4 Å². The van der Waals surface area contributed by atoms with Gasteiger partial charge in [-0.1, -0.05) is 24.6 Å². The van der Waals surface area contributed by atoms with Crippen LogP contribution in [0.2, 0.25) is 5.02 Å². The maximum absolute atomic E-state index is 12.0. The lowest BCUT2D eigenvalue weighted by atomic mass is 9.87. The fourth-order valence-electron chi connectivity index (χ4n) is 2.49. The van der Waals surface area contributed by atoms with Crippen LogP contribution in [0.4, 0.5) is 5.69 Å². The summed E-state index contributed by atoms with van der Waals surface area (Å²) in [5.74, 6) is 1.22. The lowest BCUT2D eigenvalue weighted by molar-refractivity contribution is -0.119. The van der Waals surface area contributed by atoms with E-state index in [4.69, 9.17) is 17.3 Å².